The zero-order chi connectivity index (χ0) is 23.8. The second-order valence-corrected chi connectivity index (χ2v) is 9.87. The smallest absolute Gasteiger partial charge is 0.170 e. The van der Waals surface area contributed by atoms with E-state index in [9.17, 15) is 0 Å². The lowest BCUT2D eigenvalue weighted by atomic mass is 9.96. The molecule has 0 unspecified atom stereocenters. The maximum Gasteiger partial charge on any atom is 0.170 e. The van der Waals surface area contributed by atoms with E-state index in [1.807, 2.05) is 18.3 Å². The van der Waals surface area contributed by atoms with Crippen molar-refractivity contribution < 1.29 is 4.74 Å². The number of nitrogens with one attached hydrogen (secondary N) is 1. The quantitative estimate of drug-likeness (QED) is 0.521. The third-order valence-corrected chi connectivity index (χ3v) is 7.39. The van der Waals surface area contributed by atoms with Crippen LogP contribution in [0.25, 0.3) is 5.69 Å². The Hall–Kier alpha value is -2.90. The average molecular weight is 476 g/mol. The van der Waals surface area contributed by atoms with Crippen molar-refractivity contribution in [2.24, 2.45) is 0 Å². The minimum atomic E-state index is -0.0137. The van der Waals surface area contributed by atoms with Crippen molar-refractivity contribution in [3.05, 3.63) is 77.4 Å². The maximum absolute atomic E-state index is 5.99. The van der Waals surface area contributed by atoms with Crippen LogP contribution in [0.3, 0.4) is 0 Å². The number of hydrogen-bond donors (Lipinski definition) is 1. The molecular weight excluding hydrogens is 442 g/mol. The molecule has 4 heterocycles. The lowest BCUT2D eigenvalue weighted by Crippen LogP contribution is -2.36. The molecule has 1 N–H and O–H groups in total. The molecule has 0 aliphatic carbocycles. The van der Waals surface area contributed by atoms with Gasteiger partial charge < -0.3 is 24.4 Å². The largest absolute Gasteiger partial charge is 0.378 e. The highest BCUT2D eigenvalue weighted by Crippen LogP contribution is 2.42. The Labute approximate surface area is 207 Å². The highest BCUT2D eigenvalue weighted by atomic mass is 32.1. The third kappa shape index (κ3) is 4.18. The summed E-state index contributed by atoms with van der Waals surface area (Å²) in [4.78, 5) is 9.14. The van der Waals surface area contributed by atoms with Crippen LogP contribution < -0.4 is 10.2 Å². The molecule has 2 aliphatic heterocycles. The number of rotatable bonds is 6. The van der Waals surface area contributed by atoms with Gasteiger partial charge in [0.2, 0.25) is 0 Å². The summed E-state index contributed by atoms with van der Waals surface area (Å²) in [5.41, 5.74) is 7.07. The second kappa shape index (κ2) is 9.39. The van der Waals surface area contributed by atoms with E-state index in [0.29, 0.717) is 0 Å². The van der Waals surface area contributed by atoms with Crippen molar-refractivity contribution in [2.45, 2.75) is 44.9 Å². The van der Waals surface area contributed by atoms with Crippen LogP contribution in [0.4, 0.5) is 5.69 Å². The lowest BCUT2D eigenvalue weighted by Gasteiger charge is -2.30. The number of nitrogens with zero attached hydrogens (tertiary/aromatic N) is 4. The molecule has 0 saturated carbocycles. The van der Waals surface area contributed by atoms with E-state index in [2.05, 4.69) is 89.0 Å². The molecule has 0 radical (unpaired) electrons. The SMILES string of the molecule is Cc1cc([C@@H]2[C@@H](c3ccccn3)NC(=S)N2C[C@@H]2CCCO2)c(C)n1-c1ccc(N(C)C)cc1. The Kier molecular flexibility index (Phi) is 6.32. The molecule has 2 aliphatic rings. The summed E-state index contributed by atoms with van der Waals surface area (Å²) in [5, 5.41) is 4.36. The minimum absolute atomic E-state index is 0.0137. The van der Waals surface area contributed by atoms with Crippen molar-refractivity contribution >= 4 is 23.0 Å². The summed E-state index contributed by atoms with van der Waals surface area (Å²) in [5.74, 6) is 0. The van der Waals surface area contributed by atoms with Crippen molar-refractivity contribution in [3.8, 4) is 5.69 Å². The fourth-order valence-electron chi connectivity index (χ4n) is 5.33. The van der Waals surface area contributed by atoms with Crippen molar-refractivity contribution in [3.63, 3.8) is 0 Å². The predicted molar refractivity (Wildman–Crippen MR) is 141 cm³/mol. The van der Waals surface area contributed by atoms with E-state index in [4.69, 9.17) is 17.0 Å². The van der Waals surface area contributed by atoms with Gasteiger partial charge in [-0.15, -0.1) is 0 Å². The van der Waals surface area contributed by atoms with Gasteiger partial charge in [-0.3, -0.25) is 4.98 Å². The Morgan fingerprint density at radius 3 is 2.59 bits per heavy atom. The molecule has 34 heavy (non-hydrogen) atoms. The van der Waals surface area contributed by atoms with Crippen LogP contribution in [-0.4, -0.2) is 52.9 Å². The van der Waals surface area contributed by atoms with Gasteiger partial charge in [0.15, 0.2) is 5.11 Å². The predicted octanol–water partition coefficient (Wildman–Crippen LogP) is 4.71. The van der Waals surface area contributed by atoms with Gasteiger partial charge >= 0.3 is 0 Å². The molecule has 1 aromatic carbocycles. The van der Waals surface area contributed by atoms with Crippen LogP contribution in [0.1, 0.15) is 47.6 Å². The molecule has 5 rings (SSSR count). The summed E-state index contributed by atoms with van der Waals surface area (Å²) in [6, 6.07) is 17.2. The first-order valence-corrected chi connectivity index (χ1v) is 12.4. The number of thiocarbonyl (C=S) groups is 1. The van der Waals surface area contributed by atoms with Gasteiger partial charge in [-0.25, -0.2) is 0 Å². The van der Waals surface area contributed by atoms with E-state index in [1.54, 1.807) is 0 Å². The van der Waals surface area contributed by atoms with E-state index >= 15 is 0 Å². The normalized spacial score (nSPS) is 22.3. The highest BCUT2D eigenvalue weighted by Gasteiger charge is 2.42. The Morgan fingerprint density at radius 2 is 1.94 bits per heavy atom. The van der Waals surface area contributed by atoms with Crippen molar-refractivity contribution in [1.29, 1.82) is 0 Å². The molecular formula is C27H33N5OS. The molecule has 0 spiro atoms. The zero-order valence-electron chi connectivity index (χ0n) is 20.4. The molecule has 7 heteroatoms. The van der Waals surface area contributed by atoms with Crippen LogP contribution in [0, 0.1) is 13.8 Å². The molecule has 6 nitrogen and oxygen atoms in total. The second-order valence-electron chi connectivity index (χ2n) is 9.49. The number of aryl methyl sites for hydroxylation is 1. The maximum atomic E-state index is 5.99. The molecule has 178 valence electrons. The molecule has 2 fully saturated rings. The number of anilines is 1. The Morgan fingerprint density at radius 1 is 1.15 bits per heavy atom. The fourth-order valence-corrected chi connectivity index (χ4v) is 5.65. The molecule has 3 atom stereocenters. The molecule has 3 aromatic rings. The summed E-state index contributed by atoms with van der Waals surface area (Å²) in [6.45, 7) is 6.02. The lowest BCUT2D eigenvalue weighted by molar-refractivity contribution is 0.0842. The molecule has 0 bridgehead atoms. The highest BCUT2D eigenvalue weighted by molar-refractivity contribution is 7.80. The fraction of sp³-hybridized carbons (Fsp3) is 0.407. The third-order valence-electron chi connectivity index (χ3n) is 7.04. The van der Waals surface area contributed by atoms with Crippen LogP contribution in [0.15, 0.2) is 54.7 Å². The summed E-state index contributed by atoms with van der Waals surface area (Å²) < 4.78 is 8.34. The topological polar surface area (TPSA) is 45.6 Å². The van der Waals surface area contributed by atoms with Gasteiger partial charge in [0.05, 0.1) is 23.9 Å². The number of pyridine rings is 1. The van der Waals surface area contributed by atoms with Crippen molar-refractivity contribution in [1.82, 2.24) is 19.8 Å². The molecule has 2 saturated heterocycles. The number of ether oxygens (including phenoxy) is 1. The average Bonchev–Trinajstić information content (AvgIpc) is 3.54. The van der Waals surface area contributed by atoms with Gasteiger partial charge in [0.25, 0.3) is 0 Å². The number of hydrogen-bond acceptors (Lipinski definition) is 4. The minimum Gasteiger partial charge on any atom is -0.378 e. The standard InChI is InChI=1S/C27H33N5OS/c1-18-16-23(19(2)32(18)21-12-10-20(11-13-21)30(3)4)26-25(24-9-5-6-14-28-24)29-27(34)31(26)17-22-8-7-15-33-22/h5-6,9-14,16,22,25-26H,7-8,15,17H2,1-4H3,(H,29,34)/t22-,25+,26+/m0/s1. The molecule has 0 amide bonds. The van der Waals surface area contributed by atoms with Crippen LogP contribution in [0.5, 0.6) is 0 Å². The Bertz CT molecular complexity index is 1150. The van der Waals surface area contributed by atoms with Crippen molar-refractivity contribution in [2.75, 3.05) is 32.1 Å². The Balaban J connectivity index is 1.56. The zero-order valence-corrected chi connectivity index (χ0v) is 21.2. The first-order valence-electron chi connectivity index (χ1n) is 12.0. The van der Waals surface area contributed by atoms with Crippen LogP contribution in [0.2, 0.25) is 0 Å². The van der Waals surface area contributed by atoms with Gasteiger partial charge in [-0.1, -0.05) is 6.07 Å². The van der Waals surface area contributed by atoms with E-state index in [-0.39, 0.29) is 18.2 Å². The van der Waals surface area contributed by atoms with E-state index in [0.717, 1.165) is 36.8 Å². The van der Waals surface area contributed by atoms with Crippen LogP contribution >= 0.6 is 12.2 Å². The van der Waals surface area contributed by atoms with Gasteiger partial charge in [0, 0.05) is 56.2 Å². The van der Waals surface area contributed by atoms with Gasteiger partial charge in [-0.05, 0) is 86.9 Å². The van der Waals surface area contributed by atoms with E-state index in [1.165, 1.54) is 28.3 Å². The van der Waals surface area contributed by atoms with Gasteiger partial charge in [-0.2, -0.15) is 0 Å². The summed E-state index contributed by atoms with van der Waals surface area (Å²) >= 11 is 5.86. The van der Waals surface area contributed by atoms with Gasteiger partial charge in [0.1, 0.15) is 0 Å². The molecule has 2 aromatic heterocycles. The first kappa shape index (κ1) is 22.9. The first-order chi connectivity index (χ1) is 16.4. The number of benzene rings is 1. The summed E-state index contributed by atoms with van der Waals surface area (Å²) in [6.07, 6.45) is 4.27. The van der Waals surface area contributed by atoms with Crippen LogP contribution in [-0.2, 0) is 4.74 Å². The number of aromatic nitrogens is 2. The summed E-state index contributed by atoms with van der Waals surface area (Å²) in [7, 11) is 4.13. The monoisotopic (exact) mass is 475 g/mol. The van der Waals surface area contributed by atoms with E-state index < -0.39 is 0 Å².